The van der Waals surface area contributed by atoms with Gasteiger partial charge in [-0.15, -0.1) is 0 Å². The molecule has 0 unspecified atom stereocenters. The Morgan fingerprint density at radius 2 is 1.76 bits per heavy atom. The second kappa shape index (κ2) is 6.73. The minimum absolute atomic E-state index is 0.744. The number of aromatic nitrogens is 1. The van der Waals surface area contributed by atoms with Crippen LogP contribution in [0.5, 0.6) is 0 Å². The molecule has 1 aromatic heterocycles. The van der Waals surface area contributed by atoms with Crippen molar-refractivity contribution in [2.75, 3.05) is 46.6 Å². The monoisotopic (exact) mass is 235 g/mol. The topological polar surface area (TPSA) is 43.8 Å². The molecule has 0 fully saturated rings. The molecule has 5 nitrogen and oxygen atoms in total. The lowest BCUT2D eigenvalue weighted by atomic mass is 10.4. The number of nitrogens with one attached hydrogen (secondary N) is 1. The number of aliphatic imine (C=N–C) groups is 1. The Bertz CT molecular complexity index is 335. The molecule has 0 aromatic carbocycles. The highest BCUT2D eigenvalue weighted by atomic mass is 15.3. The first-order chi connectivity index (χ1) is 8.11. The van der Waals surface area contributed by atoms with Crippen molar-refractivity contribution in [2.24, 2.45) is 4.99 Å². The average molecular weight is 235 g/mol. The van der Waals surface area contributed by atoms with E-state index in [2.05, 4.69) is 15.3 Å². The van der Waals surface area contributed by atoms with Crippen LogP contribution in [0.4, 0.5) is 5.69 Å². The summed E-state index contributed by atoms with van der Waals surface area (Å²) >= 11 is 0. The van der Waals surface area contributed by atoms with Gasteiger partial charge in [-0.3, -0.25) is 9.98 Å². The van der Waals surface area contributed by atoms with Gasteiger partial charge in [-0.05, 0) is 12.1 Å². The third kappa shape index (κ3) is 4.72. The lowest BCUT2D eigenvalue weighted by Crippen LogP contribution is -2.35. The summed E-state index contributed by atoms with van der Waals surface area (Å²) in [5.41, 5.74) is 1.08. The van der Waals surface area contributed by atoms with Crippen molar-refractivity contribution in [3.63, 3.8) is 0 Å². The predicted molar refractivity (Wildman–Crippen MR) is 72.4 cm³/mol. The van der Waals surface area contributed by atoms with Crippen LogP contribution in [-0.2, 0) is 0 Å². The van der Waals surface area contributed by atoms with Crippen molar-refractivity contribution in [3.8, 4) is 0 Å². The Balaban J connectivity index is 2.38. The minimum Gasteiger partial charge on any atom is -0.383 e. The lowest BCUT2D eigenvalue weighted by Gasteiger charge is -2.22. The van der Waals surface area contributed by atoms with Crippen LogP contribution in [-0.4, -0.2) is 62.0 Å². The van der Waals surface area contributed by atoms with Crippen molar-refractivity contribution in [2.45, 2.75) is 0 Å². The van der Waals surface area contributed by atoms with Gasteiger partial charge in [0, 0.05) is 52.8 Å². The molecule has 1 heterocycles. The summed E-state index contributed by atoms with van der Waals surface area (Å²) in [4.78, 5) is 12.5. The third-order valence-electron chi connectivity index (χ3n) is 2.17. The molecular weight excluding hydrogens is 214 g/mol. The fourth-order valence-corrected chi connectivity index (χ4v) is 1.51. The Hall–Kier alpha value is -1.78. The number of nitrogens with zero attached hydrogens (tertiary/aromatic N) is 4. The van der Waals surface area contributed by atoms with E-state index in [0.29, 0.717) is 0 Å². The van der Waals surface area contributed by atoms with Crippen LogP contribution in [0.2, 0.25) is 0 Å². The lowest BCUT2D eigenvalue weighted by molar-refractivity contribution is 0.480. The number of pyridine rings is 1. The molecule has 0 saturated carbocycles. The molecule has 0 aliphatic carbocycles. The first-order valence-electron chi connectivity index (χ1n) is 5.64. The fraction of sp³-hybridized carbons (Fsp3) is 0.500. The van der Waals surface area contributed by atoms with Gasteiger partial charge < -0.3 is 15.1 Å². The zero-order valence-corrected chi connectivity index (χ0v) is 11.0. The molecule has 0 aliphatic heterocycles. The Morgan fingerprint density at radius 1 is 1.18 bits per heavy atom. The Labute approximate surface area is 103 Å². The summed E-state index contributed by atoms with van der Waals surface area (Å²) in [5.74, 6) is 0.974. The fourth-order valence-electron chi connectivity index (χ4n) is 1.51. The summed E-state index contributed by atoms with van der Waals surface area (Å²) in [5, 5.41) is 3.29. The zero-order chi connectivity index (χ0) is 12.7. The Morgan fingerprint density at radius 3 is 2.29 bits per heavy atom. The molecule has 0 radical (unpaired) electrons. The van der Waals surface area contributed by atoms with E-state index in [-0.39, 0.29) is 0 Å². The molecule has 17 heavy (non-hydrogen) atoms. The average Bonchev–Trinajstić information content (AvgIpc) is 2.29. The first kappa shape index (κ1) is 13.3. The second-order valence-electron chi connectivity index (χ2n) is 4.13. The molecule has 1 aromatic rings. The van der Waals surface area contributed by atoms with Crippen molar-refractivity contribution >= 4 is 11.6 Å². The molecule has 0 amide bonds. The first-order valence-corrected chi connectivity index (χ1v) is 5.64. The molecule has 0 atom stereocenters. The van der Waals surface area contributed by atoms with Gasteiger partial charge in [0.2, 0.25) is 0 Å². The van der Waals surface area contributed by atoms with E-state index in [0.717, 1.165) is 24.7 Å². The number of hydrogen-bond donors (Lipinski definition) is 1. The van der Waals surface area contributed by atoms with Crippen molar-refractivity contribution in [3.05, 3.63) is 24.5 Å². The molecule has 1 rings (SSSR count). The normalized spacial score (nSPS) is 9.65. The Kier molecular flexibility index (Phi) is 5.26. The van der Waals surface area contributed by atoms with E-state index in [1.807, 2.05) is 50.1 Å². The van der Waals surface area contributed by atoms with E-state index in [1.54, 1.807) is 12.4 Å². The van der Waals surface area contributed by atoms with Crippen LogP contribution in [0, 0.1) is 0 Å². The number of hydrogen-bond acceptors (Lipinski definition) is 3. The second-order valence-corrected chi connectivity index (χ2v) is 4.13. The summed E-state index contributed by atoms with van der Waals surface area (Å²) in [6.07, 6.45) is 3.55. The maximum Gasteiger partial charge on any atom is 0.195 e. The zero-order valence-electron chi connectivity index (χ0n) is 11.0. The smallest absolute Gasteiger partial charge is 0.195 e. The van der Waals surface area contributed by atoms with Gasteiger partial charge in [0.1, 0.15) is 0 Å². The number of anilines is 1. The van der Waals surface area contributed by atoms with Crippen LogP contribution in [0.15, 0.2) is 29.5 Å². The highest BCUT2D eigenvalue weighted by molar-refractivity contribution is 5.79. The van der Waals surface area contributed by atoms with Crippen LogP contribution >= 0.6 is 0 Å². The predicted octanol–water partition coefficient (Wildman–Crippen LogP) is 0.973. The summed E-state index contributed by atoms with van der Waals surface area (Å²) < 4.78 is 0. The molecule has 0 saturated heterocycles. The summed E-state index contributed by atoms with van der Waals surface area (Å²) in [6.45, 7) is 1.56. The molecule has 5 heteroatoms. The van der Waals surface area contributed by atoms with Crippen LogP contribution in [0.3, 0.4) is 0 Å². The van der Waals surface area contributed by atoms with Gasteiger partial charge in [-0.2, -0.15) is 0 Å². The van der Waals surface area contributed by atoms with Gasteiger partial charge >= 0.3 is 0 Å². The number of rotatable bonds is 4. The maximum atomic E-state index is 4.53. The summed E-state index contributed by atoms with van der Waals surface area (Å²) in [6, 6.07) is 3.89. The largest absolute Gasteiger partial charge is 0.383 e. The molecule has 0 aliphatic rings. The number of guanidine groups is 1. The minimum atomic E-state index is 0.744. The summed E-state index contributed by atoms with van der Waals surface area (Å²) in [7, 11) is 7.98. The molecular formula is C12H21N5. The molecule has 0 bridgehead atoms. The molecule has 1 N–H and O–H groups in total. The highest BCUT2D eigenvalue weighted by Gasteiger charge is 2.02. The third-order valence-corrected chi connectivity index (χ3v) is 2.17. The van der Waals surface area contributed by atoms with Crippen molar-refractivity contribution < 1.29 is 0 Å². The van der Waals surface area contributed by atoms with Gasteiger partial charge in [0.05, 0.1) is 6.54 Å². The SMILES string of the molecule is CN(C)C(=NCCNc1ccncc1)N(C)C. The van der Waals surface area contributed by atoms with Gasteiger partial charge in [-0.1, -0.05) is 0 Å². The highest BCUT2D eigenvalue weighted by Crippen LogP contribution is 2.01. The quantitative estimate of drug-likeness (QED) is 0.480. The maximum absolute atomic E-state index is 4.53. The van der Waals surface area contributed by atoms with E-state index in [1.165, 1.54) is 0 Å². The van der Waals surface area contributed by atoms with Crippen molar-refractivity contribution in [1.82, 2.24) is 14.8 Å². The van der Waals surface area contributed by atoms with Crippen LogP contribution < -0.4 is 5.32 Å². The molecule has 94 valence electrons. The van der Waals surface area contributed by atoms with Gasteiger partial charge in [-0.25, -0.2) is 0 Å². The van der Waals surface area contributed by atoms with Crippen molar-refractivity contribution in [1.29, 1.82) is 0 Å². The van der Waals surface area contributed by atoms with E-state index >= 15 is 0 Å². The van der Waals surface area contributed by atoms with Gasteiger partial charge in [0.25, 0.3) is 0 Å². The van der Waals surface area contributed by atoms with Crippen LogP contribution in [0.25, 0.3) is 0 Å². The van der Waals surface area contributed by atoms with E-state index in [9.17, 15) is 0 Å². The van der Waals surface area contributed by atoms with E-state index in [4.69, 9.17) is 0 Å². The van der Waals surface area contributed by atoms with E-state index < -0.39 is 0 Å². The standard InChI is InChI=1S/C12H21N5/c1-16(2)12(17(3)4)15-10-9-14-11-5-7-13-8-6-11/h5-8H,9-10H2,1-4H3,(H,13,14). The molecule has 0 spiro atoms. The van der Waals surface area contributed by atoms with Crippen LogP contribution in [0.1, 0.15) is 0 Å². The van der Waals surface area contributed by atoms with Gasteiger partial charge in [0.15, 0.2) is 5.96 Å².